The number of nitrogens with zero attached hydrogens (tertiary/aromatic N) is 1. The number of hydrogen-bond acceptors (Lipinski definition) is 2. The molecule has 0 bridgehead atoms. The van der Waals surface area contributed by atoms with Gasteiger partial charge >= 0.3 is 0 Å². The Labute approximate surface area is 60.6 Å². The summed E-state index contributed by atoms with van der Waals surface area (Å²) < 4.78 is 0. The number of rotatable bonds is 0. The van der Waals surface area contributed by atoms with Crippen molar-refractivity contribution in [2.24, 2.45) is 5.92 Å². The van der Waals surface area contributed by atoms with Crippen molar-refractivity contribution in [2.75, 3.05) is 13.1 Å². The normalized spacial score (nSPS) is 32.9. The summed E-state index contributed by atoms with van der Waals surface area (Å²) in [5, 5.41) is 9.22. The van der Waals surface area contributed by atoms with E-state index in [2.05, 4.69) is 0 Å². The average molecular weight is 143 g/mol. The van der Waals surface area contributed by atoms with Crippen LogP contribution >= 0.6 is 0 Å². The molecule has 1 saturated heterocycles. The van der Waals surface area contributed by atoms with Crippen LogP contribution in [0.5, 0.6) is 0 Å². The molecule has 1 heterocycles. The first-order valence-corrected chi connectivity index (χ1v) is 3.55. The largest absolute Gasteiger partial charge is 0.391 e. The second-order valence-electron chi connectivity index (χ2n) is 2.97. The van der Waals surface area contributed by atoms with Crippen molar-refractivity contribution in [1.29, 1.82) is 0 Å². The highest BCUT2D eigenvalue weighted by Gasteiger charge is 2.28. The fraction of sp³-hybridized carbons (Fsp3) is 0.857. The first-order chi connectivity index (χ1) is 4.61. The lowest BCUT2D eigenvalue weighted by Gasteiger charge is -2.11. The van der Waals surface area contributed by atoms with Crippen LogP contribution < -0.4 is 0 Å². The number of amides is 1. The maximum absolute atomic E-state index is 10.8. The summed E-state index contributed by atoms with van der Waals surface area (Å²) in [7, 11) is 0. The fourth-order valence-corrected chi connectivity index (χ4v) is 1.21. The molecule has 1 amide bonds. The maximum Gasteiger partial charge on any atom is 0.219 e. The number of β-amino-alcohol motifs (C(OH)–C–C–N with tert-alkyl or cyclic N) is 1. The van der Waals surface area contributed by atoms with E-state index < -0.39 is 0 Å². The van der Waals surface area contributed by atoms with Crippen LogP contribution in [0.4, 0.5) is 0 Å². The first-order valence-electron chi connectivity index (χ1n) is 3.55. The molecule has 1 fully saturated rings. The van der Waals surface area contributed by atoms with Gasteiger partial charge in [0.05, 0.1) is 6.10 Å². The lowest BCUT2D eigenvalue weighted by Crippen LogP contribution is -2.26. The highest BCUT2D eigenvalue weighted by Crippen LogP contribution is 2.15. The minimum atomic E-state index is -0.316. The number of carbonyl (C=O) groups is 1. The standard InChI is InChI=1S/C7H13NO2/c1-5-3-8(6(2)9)4-7(5)10/h5,7,10H,3-4H2,1-2H3/t5-,7+/m0/s1. The Morgan fingerprint density at radius 3 is 2.40 bits per heavy atom. The molecule has 0 aromatic rings. The van der Waals surface area contributed by atoms with E-state index in [1.54, 1.807) is 4.90 Å². The Morgan fingerprint density at radius 1 is 1.60 bits per heavy atom. The smallest absolute Gasteiger partial charge is 0.219 e. The molecular weight excluding hydrogens is 130 g/mol. The summed E-state index contributed by atoms with van der Waals surface area (Å²) in [6.07, 6.45) is -0.316. The maximum atomic E-state index is 10.8. The predicted molar refractivity (Wildman–Crippen MR) is 37.4 cm³/mol. The molecule has 0 aromatic carbocycles. The van der Waals surface area contributed by atoms with Gasteiger partial charge in [-0.25, -0.2) is 0 Å². The van der Waals surface area contributed by atoms with E-state index in [0.29, 0.717) is 13.1 Å². The highest BCUT2D eigenvalue weighted by atomic mass is 16.3. The van der Waals surface area contributed by atoms with Crippen LogP contribution in [0.1, 0.15) is 13.8 Å². The molecule has 3 heteroatoms. The third kappa shape index (κ3) is 1.29. The third-order valence-electron chi connectivity index (χ3n) is 2.02. The van der Waals surface area contributed by atoms with E-state index in [1.807, 2.05) is 6.92 Å². The molecule has 3 nitrogen and oxygen atoms in total. The van der Waals surface area contributed by atoms with Gasteiger partial charge in [-0.05, 0) is 0 Å². The SMILES string of the molecule is CC(=O)N1C[C@@H](O)[C@@H](C)C1. The van der Waals surface area contributed by atoms with Crippen molar-refractivity contribution in [3.8, 4) is 0 Å². The van der Waals surface area contributed by atoms with Crippen LogP contribution in [-0.4, -0.2) is 35.1 Å². The molecule has 0 saturated carbocycles. The van der Waals surface area contributed by atoms with E-state index in [1.165, 1.54) is 6.92 Å². The van der Waals surface area contributed by atoms with Crippen LogP contribution in [-0.2, 0) is 4.79 Å². The van der Waals surface area contributed by atoms with Gasteiger partial charge in [0.25, 0.3) is 0 Å². The van der Waals surface area contributed by atoms with Crippen LogP contribution in [0.3, 0.4) is 0 Å². The van der Waals surface area contributed by atoms with Crippen molar-refractivity contribution in [2.45, 2.75) is 20.0 Å². The van der Waals surface area contributed by atoms with Crippen LogP contribution in [0.25, 0.3) is 0 Å². The van der Waals surface area contributed by atoms with E-state index in [0.717, 1.165) is 0 Å². The first kappa shape index (κ1) is 7.54. The fourth-order valence-electron chi connectivity index (χ4n) is 1.21. The molecule has 2 atom stereocenters. The van der Waals surface area contributed by atoms with Crippen LogP contribution in [0, 0.1) is 5.92 Å². The van der Waals surface area contributed by atoms with Crippen LogP contribution in [0.15, 0.2) is 0 Å². The molecule has 1 N–H and O–H groups in total. The summed E-state index contributed by atoms with van der Waals surface area (Å²) in [6.45, 7) is 4.70. The van der Waals surface area contributed by atoms with Crippen LogP contribution in [0.2, 0.25) is 0 Å². The van der Waals surface area contributed by atoms with Gasteiger partial charge in [-0.1, -0.05) is 6.92 Å². The van der Waals surface area contributed by atoms with E-state index in [4.69, 9.17) is 0 Å². The Hall–Kier alpha value is -0.570. The quantitative estimate of drug-likeness (QED) is 0.512. The summed E-state index contributed by atoms with van der Waals surface area (Å²) in [6, 6.07) is 0. The average Bonchev–Trinajstić information content (AvgIpc) is 2.13. The van der Waals surface area contributed by atoms with Gasteiger partial charge in [-0.2, -0.15) is 0 Å². The second kappa shape index (κ2) is 2.58. The van der Waals surface area contributed by atoms with Gasteiger partial charge in [-0.15, -0.1) is 0 Å². The van der Waals surface area contributed by atoms with Gasteiger partial charge < -0.3 is 10.0 Å². The minimum Gasteiger partial charge on any atom is -0.391 e. The highest BCUT2D eigenvalue weighted by molar-refractivity contribution is 5.73. The Kier molecular flexibility index (Phi) is 1.94. The van der Waals surface area contributed by atoms with Gasteiger partial charge in [-0.3, -0.25) is 4.79 Å². The number of aliphatic hydroxyl groups excluding tert-OH is 1. The van der Waals surface area contributed by atoms with Crippen molar-refractivity contribution in [1.82, 2.24) is 4.90 Å². The monoisotopic (exact) mass is 143 g/mol. The topological polar surface area (TPSA) is 40.5 Å². The minimum absolute atomic E-state index is 0.0587. The second-order valence-corrected chi connectivity index (χ2v) is 2.97. The lowest BCUT2D eigenvalue weighted by molar-refractivity contribution is -0.128. The number of hydrogen-bond donors (Lipinski definition) is 1. The third-order valence-corrected chi connectivity index (χ3v) is 2.02. The zero-order chi connectivity index (χ0) is 7.72. The van der Waals surface area contributed by atoms with Crippen molar-refractivity contribution < 1.29 is 9.90 Å². The Balaban J connectivity index is 2.49. The summed E-state index contributed by atoms with van der Waals surface area (Å²) in [4.78, 5) is 12.4. The molecule has 58 valence electrons. The summed E-state index contributed by atoms with van der Waals surface area (Å²) in [5.74, 6) is 0.298. The predicted octanol–water partition coefficient (Wildman–Crippen LogP) is -0.155. The molecule has 0 aromatic heterocycles. The van der Waals surface area contributed by atoms with E-state index in [9.17, 15) is 9.90 Å². The summed E-state index contributed by atoms with van der Waals surface area (Å²) in [5.41, 5.74) is 0. The number of carbonyl (C=O) groups excluding carboxylic acids is 1. The van der Waals surface area contributed by atoms with Gasteiger partial charge in [0.15, 0.2) is 0 Å². The van der Waals surface area contributed by atoms with Gasteiger partial charge in [0.1, 0.15) is 0 Å². The number of likely N-dealkylation sites (tertiary alicyclic amines) is 1. The Morgan fingerprint density at radius 2 is 2.20 bits per heavy atom. The van der Waals surface area contributed by atoms with Crippen molar-refractivity contribution >= 4 is 5.91 Å². The van der Waals surface area contributed by atoms with Crippen molar-refractivity contribution in [3.63, 3.8) is 0 Å². The molecule has 0 unspecified atom stereocenters. The lowest BCUT2D eigenvalue weighted by atomic mass is 10.1. The molecule has 10 heavy (non-hydrogen) atoms. The molecule has 0 spiro atoms. The zero-order valence-corrected chi connectivity index (χ0v) is 6.37. The molecule has 1 rings (SSSR count). The molecule has 0 radical (unpaired) electrons. The molecule has 1 aliphatic rings. The zero-order valence-electron chi connectivity index (χ0n) is 6.37. The molecule has 1 aliphatic heterocycles. The van der Waals surface area contributed by atoms with Gasteiger partial charge in [0.2, 0.25) is 5.91 Å². The van der Waals surface area contributed by atoms with E-state index in [-0.39, 0.29) is 17.9 Å². The van der Waals surface area contributed by atoms with Gasteiger partial charge in [0, 0.05) is 25.9 Å². The molecule has 0 aliphatic carbocycles. The Bertz CT molecular complexity index is 137. The molecular formula is C7H13NO2. The van der Waals surface area contributed by atoms with E-state index >= 15 is 0 Å². The summed E-state index contributed by atoms with van der Waals surface area (Å²) >= 11 is 0. The number of aliphatic hydroxyl groups is 1. The van der Waals surface area contributed by atoms with Crippen molar-refractivity contribution in [3.05, 3.63) is 0 Å².